The molecule has 3 rings (SSSR count). The molecule has 3 aromatic rings. The quantitative estimate of drug-likeness (QED) is 0.441. The summed E-state index contributed by atoms with van der Waals surface area (Å²) < 4.78 is 28.3. The zero-order valence-electron chi connectivity index (χ0n) is 16.4. The van der Waals surface area contributed by atoms with Gasteiger partial charge >= 0.3 is 0 Å². The summed E-state index contributed by atoms with van der Waals surface area (Å²) in [5.41, 5.74) is 4.27. The van der Waals surface area contributed by atoms with Crippen LogP contribution >= 0.6 is 11.8 Å². The molecule has 1 aromatic heterocycles. The van der Waals surface area contributed by atoms with Gasteiger partial charge < -0.3 is 0 Å². The molecule has 0 aliphatic heterocycles. The number of rotatable bonds is 4. The molecule has 0 fully saturated rings. The van der Waals surface area contributed by atoms with E-state index in [2.05, 4.69) is 4.98 Å². The highest BCUT2D eigenvalue weighted by molar-refractivity contribution is 7.99. The molecule has 1 heterocycles. The Hall–Kier alpha value is -2.20. The highest BCUT2D eigenvalue weighted by Crippen LogP contribution is 2.42. The van der Waals surface area contributed by atoms with Crippen LogP contribution in [0.5, 0.6) is 0 Å². The lowest BCUT2D eigenvalue weighted by molar-refractivity contribution is 0.587. The molecule has 27 heavy (non-hydrogen) atoms. The van der Waals surface area contributed by atoms with Gasteiger partial charge in [0, 0.05) is 22.3 Å². The molecule has 1 atom stereocenters. The van der Waals surface area contributed by atoms with Crippen molar-refractivity contribution in [3.8, 4) is 0 Å². The Kier molecular flexibility index (Phi) is 7.55. The molecule has 0 aliphatic carbocycles. The molecular weight excluding hydrogens is 360 g/mol. The van der Waals surface area contributed by atoms with Gasteiger partial charge in [0.25, 0.3) is 0 Å². The van der Waals surface area contributed by atoms with Crippen molar-refractivity contribution >= 4 is 11.8 Å². The Balaban J connectivity index is 0.00000126. The molecule has 1 unspecified atom stereocenters. The number of thioether (sulfide) groups is 1. The van der Waals surface area contributed by atoms with Crippen molar-refractivity contribution in [1.82, 2.24) is 4.98 Å². The van der Waals surface area contributed by atoms with Crippen molar-refractivity contribution in [3.63, 3.8) is 0 Å². The zero-order chi connectivity index (χ0) is 20.0. The Bertz CT molecular complexity index is 840. The zero-order valence-corrected chi connectivity index (χ0v) is 17.2. The third-order valence-electron chi connectivity index (χ3n) is 4.08. The third-order valence-corrected chi connectivity index (χ3v) is 5.37. The van der Waals surface area contributed by atoms with Crippen molar-refractivity contribution in [2.24, 2.45) is 0 Å². The van der Waals surface area contributed by atoms with E-state index in [0.717, 1.165) is 33.3 Å². The van der Waals surface area contributed by atoms with Crippen LogP contribution in [0.15, 0.2) is 59.6 Å². The molecule has 0 spiro atoms. The number of nitrogens with zero attached hydrogens (tertiary/aromatic N) is 1. The maximum absolute atomic E-state index is 14.5. The summed E-state index contributed by atoms with van der Waals surface area (Å²) in [6.45, 7) is 9.87. The molecule has 0 N–H and O–H groups in total. The van der Waals surface area contributed by atoms with Gasteiger partial charge in [-0.15, -0.1) is 11.8 Å². The summed E-state index contributed by atoms with van der Waals surface area (Å²) in [6.07, 6.45) is 1.78. The van der Waals surface area contributed by atoms with E-state index >= 15 is 0 Å². The Morgan fingerprint density at radius 1 is 0.852 bits per heavy atom. The van der Waals surface area contributed by atoms with Crippen molar-refractivity contribution in [3.05, 3.63) is 94.3 Å². The molecule has 0 saturated heterocycles. The van der Waals surface area contributed by atoms with Crippen LogP contribution in [0.1, 0.15) is 47.0 Å². The van der Waals surface area contributed by atoms with Gasteiger partial charge in [-0.25, -0.2) is 8.78 Å². The molecular formula is C23H25F2NS. The Labute approximate surface area is 164 Å². The smallest absolute Gasteiger partial charge is 0.128 e. The maximum Gasteiger partial charge on any atom is 0.128 e. The Morgan fingerprint density at radius 3 is 2.19 bits per heavy atom. The summed E-state index contributed by atoms with van der Waals surface area (Å²) in [6, 6.07) is 13.6. The van der Waals surface area contributed by atoms with Gasteiger partial charge in [-0.2, -0.15) is 0 Å². The van der Waals surface area contributed by atoms with Crippen LogP contribution in [-0.2, 0) is 0 Å². The normalized spacial score (nSPS) is 11.5. The van der Waals surface area contributed by atoms with Crippen LogP contribution in [0.25, 0.3) is 0 Å². The average molecular weight is 386 g/mol. The van der Waals surface area contributed by atoms with Gasteiger partial charge in [-0.3, -0.25) is 4.98 Å². The highest BCUT2D eigenvalue weighted by atomic mass is 32.2. The molecule has 0 amide bonds. The summed E-state index contributed by atoms with van der Waals surface area (Å²) in [5, 5.41) is -0.347. The molecule has 0 saturated carbocycles. The molecule has 142 valence electrons. The van der Waals surface area contributed by atoms with E-state index in [-0.39, 0.29) is 5.25 Å². The number of aromatic nitrogens is 1. The molecule has 4 heteroatoms. The fourth-order valence-corrected chi connectivity index (χ4v) is 3.95. The van der Waals surface area contributed by atoms with E-state index < -0.39 is 11.6 Å². The lowest BCUT2D eigenvalue weighted by Gasteiger charge is -2.21. The van der Waals surface area contributed by atoms with E-state index in [9.17, 15) is 8.78 Å². The van der Waals surface area contributed by atoms with E-state index in [0.29, 0.717) is 5.56 Å². The minimum Gasteiger partial charge on any atom is -0.261 e. The van der Waals surface area contributed by atoms with Gasteiger partial charge in [0.05, 0.1) is 5.25 Å². The highest BCUT2D eigenvalue weighted by Gasteiger charge is 2.22. The summed E-state index contributed by atoms with van der Waals surface area (Å²) in [5.74, 6) is -0.839. The van der Waals surface area contributed by atoms with Crippen LogP contribution in [0.4, 0.5) is 8.78 Å². The topological polar surface area (TPSA) is 12.9 Å². The lowest BCUT2D eigenvalue weighted by Crippen LogP contribution is -2.04. The first kappa shape index (κ1) is 21.1. The minimum absolute atomic E-state index is 0.347. The first-order valence-corrected chi connectivity index (χ1v) is 9.93. The van der Waals surface area contributed by atoms with Gasteiger partial charge in [0.1, 0.15) is 11.6 Å². The monoisotopic (exact) mass is 385 g/mol. The van der Waals surface area contributed by atoms with Gasteiger partial charge in [-0.05, 0) is 68.3 Å². The number of hydrogen-bond acceptors (Lipinski definition) is 2. The van der Waals surface area contributed by atoms with Crippen molar-refractivity contribution < 1.29 is 8.78 Å². The van der Waals surface area contributed by atoms with Crippen molar-refractivity contribution in [2.75, 3.05) is 0 Å². The Morgan fingerprint density at radius 2 is 1.52 bits per heavy atom. The second kappa shape index (κ2) is 9.65. The molecule has 1 nitrogen and oxygen atoms in total. The van der Waals surface area contributed by atoms with Gasteiger partial charge in [0.15, 0.2) is 0 Å². The van der Waals surface area contributed by atoms with E-state index in [4.69, 9.17) is 0 Å². The molecule has 0 radical (unpaired) electrons. The number of aryl methyl sites for hydroxylation is 3. The van der Waals surface area contributed by atoms with E-state index in [1.165, 1.54) is 23.9 Å². The summed E-state index contributed by atoms with van der Waals surface area (Å²) >= 11 is 1.51. The lowest BCUT2D eigenvalue weighted by atomic mass is 10.00. The fraction of sp³-hybridized carbons (Fsp3) is 0.261. The third kappa shape index (κ3) is 5.39. The standard InChI is InChI=1S/C21H19F2NS.C2H6/c1-13-4-7-17(8-5-13)25-21(18-10-15(3)24-12-14(18)2)19-11-16(22)6-9-20(19)23;1-2/h4-12,21H,1-3H3;1-2H3. The first-order chi connectivity index (χ1) is 12.9. The maximum atomic E-state index is 14.5. The van der Waals surface area contributed by atoms with Crippen LogP contribution in [-0.4, -0.2) is 4.98 Å². The largest absolute Gasteiger partial charge is 0.261 e. The van der Waals surface area contributed by atoms with Crippen LogP contribution < -0.4 is 0 Å². The predicted molar refractivity (Wildman–Crippen MR) is 110 cm³/mol. The first-order valence-electron chi connectivity index (χ1n) is 9.05. The average Bonchev–Trinajstić information content (AvgIpc) is 2.67. The second-order valence-corrected chi connectivity index (χ2v) is 7.34. The number of pyridine rings is 1. The predicted octanol–water partition coefficient (Wildman–Crippen LogP) is 7.19. The van der Waals surface area contributed by atoms with Crippen molar-refractivity contribution in [2.45, 2.75) is 44.8 Å². The molecule has 2 aromatic carbocycles. The second-order valence-electron chi connectivity index (χ2n) is 6.16. The molecule has 0 aliphatic rings. The summed E-state index contributed by atoms with van der Waals surface area (Å²) in [7, 11) is 0. The van der Waals surface area contributed by atoms with Gasteiger partial charge in [0.2, 0.25) is 0 Å². The number of hydrogen-bond donors (Lipinski definition) is 0. The fourth-order valence-electron chi connectivity index (χ4n) is 2.69. The minimum atomic E-state index is -0.436. The van der Waals surface area contributed by atoms with Crippen molar-refractivity contribution in [1.29, 1.82) is 0 Å². The van der Waals surface area contributed by atoms with Crippen LogP contribution in [0, 0.1) is 32.4 Å². The number of benzene rings is 2. The SMILES string of the molecule is CC.Cc1ccc(SC(c2cc(C)ncc2C)c2cc(F)ccc2F)cc1. The van der Waals surface area contributed by atoms with E-state index in [1.807, 2.05) is 65.0 Å². The van der Waals surface area contributed by atoms with E-state index in [1.54, 1.807) is 6.20 Å². The number of halogens is 2. The van der Waals surface area contributed by atoms with Crippen LogP contribution in [0.3, 0.4) is 0 Å². The van der Waals surface area contributed by atoms with Crippen LogP contribution in [0.2, 0.25) is 0 Å². The molecule has 0 bridgehead atoms. The van der Waals surface area contributed by atoms with Gasteiger partial charge in [-0.1, -0.05) is 31.5 Å². The summed E-state index contributed by atoms with van der Waals surface area (Å²) in [4.78, 5) is 5.30.